The van der Waals surface area contributed by atoms with Crippen molar-refractivity contribution in [1.82, 2.24) is 29.4 Å². The van der Waals surface area contributed by atoms with Gasteiger partial charge >= 0.3 is 5.97 Å². The molecule has 154 valence electrons. The standard InChI is InChI=1S/C20H20N6O3S/c1-4-16-24-26-17(27)9-13(23-20(26)30-16)11-29-19(28)14-10-22-25(18(14)12(2)3)15-7-5-6-8-21-15/h5-10,12H,4,11H2,1-3H3. The lowest BCUT2D eigenvalue weighted by Crippen LogP contribution is -2.17. The molecule has 30 heavy (non-hydrogen) atoms. The number of pyridine rings is 1. The first-order chi connectivity index (χ1) is 14.5. The number of nitrogens with zero attached hydrogens (tertiary/aromatic N) is 6. The quantitative estimate of drug-likeness (QED) is 0.438. The van der Waals surface area contributed by atoms with E-state index in [4.69, 9.17) is 4.74 Å². The lowest BCUT2D eigenvalue weighted by Gasteiger charge is -2.11. The molecule has 0 aliphatic carbocycles. The second-order valence-electron chi connectivity index (χ2n) is 6.90. The number of hydrogen-bond donors (Lipinski definition) is 0. The van der Waals surface area contributed by atoms with Gasteiger partial charge in [0, 0.05) is 12.3 Å². The molecule has 0 saturated heterocycles. The number of ether oxygens (including phenoxy) is 1. The van der Waals surface area contributed by atoms with Crippen LogP contribution in [0.5, 0.6) is 0 Å². The van der Waals surface area contributed by atoms with Gasteiger partial charge in [-0.05, 0) is 24.5 Å². The molecule has 0 spiro atoms. The van der Waals surface area contributed by atoms with Crippen LogP contribution in [0.15, 0.2) is 41.5 Å². The van der Waals surface area contributed by atoms with Crippen LogP contribution in [0.1, 0.15) is 53.4 Å². The van der Waals surface area contributed by atoms with E-state index < -0.39 is 5.97 Å². The van der Waals surface area contributed by atoms with E-state index in [9.17, 15) is 9.59 Å². The summed E-state index contributed by atoms with van der Waals surface area (Å²) in [4.78, 5) is 34.2. The van der Waals surface area contributed by atoms with Crippen LogP contribution in [0.4, 0.5) is 0 Å². The highest BCUT2D eigenvalue weighted by Gasteiger charge is 2.23. The molecule has 0 aliphatic rings. The van der Waals surface area contributed by atoms with E-state index in [-0.39, 0.29) is 18.1 Å². The Morgan fingerprint density at radius 2 is 2.13 bits per heavy atom. The predicted octanol–water partition coefficient (Wildman–Crippen LogP) is 2.77. The van der Waals surface area contributed by atoms with Crippen molar-refractivity contribution in [2.45, 2.75) is 39.7 Å². The number of aromatic nitrogens is 6. The summed E-state index contributed by atoms with van der Waals surface area (Å²) in [5.41, 5.74) is 1.15. The Hall–Kier alpha value is -3.40. The molecule has 0 aliphatic heterocycles. The second-order valence-corrected chi connectivity index (χ2v) is 7.94. The number of hydrogen-bond acceptors (Lipinski definition) is 8. The fraction of sp³-hybridized carbons (Fsp3) is 0.300. The van der Waals surface area contributed by atoms with Gasteiger partial charge in [0.1, 0.15) is 17.2 Å². The highest BCUT2D eigenvalue weighted by atomic mass is 32.1. The first kappa shape index (κ1) is 19.9. The molecule has 10 heteroatoms. The van der Waals surface area contributed by atoms with E-state index in [0.717, 1.165) is 11.4 Å². The van der Waals surface area contributed by atoms with Crippen molar-refractivity contribution in [2.24, 2.45) is 0 Å². The highest BCUT2D eigenvalue weighted by Crippen LogP contribution is 2.23. The fourth-order valence-corrected chi connectivity index (χ4v) is 3.92. The minimum atomic E-state index is -0.526. The smallest absolute Gasteiger partial charge is 0.342 e. The maximum Gasteiger partial charge on any atom is 0.342 e. The maximum atomic E-state index is 12.8. The Kier molecular flexibility index (Phi) is 5.40. The molecule has 4 rings (SSSR count). The van der Waals surface area contributed by atoms with Crippen LogP contribution >= 0.6 is 11.3 Å². The van der Waals surface area contributed by atoms with E-state index in [1.54, 1.807) is 10.9 Å². The average Bonchev–Trinajstić information content (AvgIpc) is 3.37. The van der Waals surface area contributed by atoms with Crippen molar-refractivity contribution in [3.05, 3.63) is 69.0 Å². The molecule has 0 unspecified atom stereocenters. The molecule has 0 N–H and O–H groups in total. The molecular weight excluding hydrogens is 404 g/mol. The lowest BCUT2D eigenvalue weighted by molar-refractivity contribution is 0.0466. The summed E-state index contributed by atoms with van der Waals surface area (Å²) in [5.74, 6) is 0.111. The van der Waals surface area contributed by atoms with E-state index in [1.807, 2.05) is 39.0 Å². The lowest BCUT2D eigenvalue weighted by atomic mass is 10.1. The van der Waals surface area contributed by atoms with E-state index in [2.05, 4.69) is 20.2 Å². The Balaban J connectivity index is 1.58. The number of carbonyl (C=O) groups is 1. The SMILES string of the molecule is CCc1nn2c(=O)cc(COC(=O)c3cnn(-c4ccccn4)c3C(C)C)nc2s1. The predicted molar refractivity (Wildman–Crippen MR) is 111 cm³/mol. The maximum absolute atomic E-state index is 12.8. The van der Waals surface area contributed by atoms with E-state index in [0.29, 0.717) is 27.7 Å². The van der Waals surface area contributed by atoms with Gasteiger partial charge in [0.05, 0.1) is 17.6 Å². The molecule has 0 atom stereocenters. The molecule has 4 heterocycles. The number of fused-ring (bicyclic) bond motifs is 1. The summed E-state index contributed by atoms with van der Waals surface area (Å²) in [5, 5.41) is 9.36. The number of esters is 1. The molecule has 0 radical (unpaired) electrons. The van der Waals surface area contributed by atoms with Gasteiger partial charge in [-0.3, -0.25) is 4.79 Å². The summed E-state index contributed by atoms with van der Waals surface area (Å²) >= 11 is 1.34. The van der Waals surface area contributed by atoms with Gasteiger partial charge in [-0.2, -0.15) is 14.7 Å². The van der Waals surface area contributed by atoms with Crippen LogP contribution in [-0.2, 0) is 17.8 Å². The van der Waals surface area contributed by atoms with Gasteiger partial charge in [-0.25, -0.2) is 19.4 Å². The topological polar surface area (TPSA) is 104 Å². The Morgan fingerprint density at radius 3 is 2.83 bits per heavy atom. The largest absolute Gasteiger partial charge is 0.455 e. The normalized spacial score (nSPS) is 11.3. The van der Waals surface area contributed by atoms with Crippen LogP contribution in [0.2, 0.25) is 0 Å². The number of carbonyl (C=O) groups excluding carboxylic acids is 1. The molecular formula is C20H20N6O3S. The Labute approximate surface area is 176 Å². The van der Waals surface area contributed by atoms with Crippen molar-refractivity contribution < 1.29 is 9.53 Å². The van der Waals surface area contributed by atoms with E-state index >= 15 is 0 Å². The monoisotopic (exact) mass is 424 g/mol. The molecule has 4 aromatic heterocycles. The van der Waals surface area contributed by atoms with Crippen LogP contribution in [-0.4, -0.2) is 35.3 Å². The number of rotatable bonds is 6. The minimum Gasteiger partial charge on any atom is -0.455 e. The van der Waals surface area contributed by atoms with Gasteiger partial charge in [0.15, 0.2) is 5.82 Å². The summed E-state index contributed by atoms with van der Waals surface area (Å²) in [6.07, 6.45) is 3.87. The van der Waals surface area contributed by atoms with Crippen LogP contribution in [0.3, 0.4) is 0 Å². The van der Waals surface area contributed by atoms with Gasteiger partial charge in [-0.15, -0.1) is 0 Å². The minimum absolute atomic E-state index is 0.0147. The average molecular weight is 424 g/mol. The van der Waals surface area contributed by atoms with Crippen molar-refractivity contribution >= 4 is 22.3 Å². The number of aryl methyl sites for hydroxylation is 1. The third kappa shape index (κ3) is 3.73. The molecule has 0 fully saturated rings. The Bertz CT molecular complexity index is 1260. The van der Waals surface area contributed by atoms with Crippen molar-refractivity contribution in [2.75, 3.05) is 0 Å². The summed E-state index contributed by atoms with van der Waals surface area (Å²) < 4.78 is 8.36. The van der Waals surface area contributed by atoms with Gasteiger partial charge in [-0.1, -0.05) is 38.2 Å². The highest BCUT2D eigenvalue weighted by molar-refractivity contribution is 7.16. The summed E-state index contributed by atoms with van der Waals surface area (Å²) in [6.45, 7) is 5.79. The second kappa shape index (κ2) is 8.15. The summed E-state index contributed by atoms with van der Waals surface area (Å²) in [7, 11) is 0. The molecule has 0 saturated carbocycles. The fourth-order valence-electron chi connectivity index (χ4n) is 3.06. The molecule has 4 aromatic rings. The zero-order chi connectivity index (χ0) is 21.3. The zero-order valence-electron chi connectivity index (χ0n) is 16.8. The first-order valence-electron chi connectivity index (χ1n) is 9.53. The van der Waals surface area contributed by atoms with Crippen molar-refractivity contribution in [3.8, 4) is 5.82 Å². The van der Waals surface area contributed by atoms with Crippen LogP contribution in [0.25, 0.3) is 10.8 Å². The third-order valence-corrected chi connectivity index (χ3v) is 5.49. The van der Waals surface area contributed by atoms with Crippen molar-refractivity contribution in [3.63, 3.8) is 0 Å². The molecule has 0 bridgehead atoms. The first-order valence-corrected chi connectivity index (χ1v) is 10.3. The van der Waals surface area contributed by atoms with Crippen LogP contribution in [0, 0.1) is 0 Å². The Morgan fingerprint density at radius 1 is 1.30 bits per heavy atom. The molecule has 9 nitrogen and oxygen atoms in total. The summed E-state index contributed by atoms with van der Waals surface area (Å²) in [6, 6.07) is 6.83. The third-order valence-electron chi connectivity index (χ3n) is 4.43. The zero-order valence-corrected chi connectivity index (χ0v) is 17.6. The van der Waals surface area contributed by atoms with Gasteiger partial charge < -0.3 is 4.74 Å². The van der Waals surface area contributed by atoms with Crippen LogP contribution < -0.4 is 5.56 Å². The van der Waals surface area contributed by atoms with Gasteiger partial charge in [0.2, 0.25) is 4.96 Å². The van der Waals surface area contributed by atoms with E-state index in [1.165, 1.54) is 28.1 Å². The molecule has 0 amide bonds. The van der Waals surface area contributed by atoms with Gasteiger partial charge in [0.25, 0.3) is 5.56 Å². The molecule has 0 aromatic carbocycles. The van der Waals surface area contributed by atoms with Crippen molar-refractivity contribution in [1.29, 1.82) is 0 Å².